The predicted octanol–water partition coefficient (Wildman–Crippen LogP) is 2.42. The van der Waals surface area contributed by atoms with Gasteiger partial charge >= 0.3 is 0 Å². The molecule has 4 fully saturated rings. The molecule has 4 rings (SSSR count). The first kappa shape index (κ1) is 8.28. The van der Waals surface area contributed by atoms with Gasteiger partial charge in [0, 0.05) is 0 Å². The second-order valence-electron chi connectivity index (χ2n) is 5.43. The molecule has 3 aliphatic carbocycles. The maximum absolute atomic E-state index is 3.53. The molecule has 0 amide bonds. The van der Waals surface area contributed by atoms with Gasteiger partial charge in [-0.25, -0.2) is 0 Å². The molecule has 1 heterocycles. The summed E-state index contributed by atoms with van der Waals surface area (Å²) in [5.41, 5.74) is 0. The van der Waals surface area contributed by atoms with Crippen molar-refractivity contribution in [1.82, 2.24) is 5.32 Å². The monoisotopic (exact) mass is 179 g/mol. The molecule has 2 unspecified atom stereocenters. The van der Waals surface area contributed by atoms with E-state index in [1.807, 2.05) is 0 Å². The van der Waals surface area contributed by atoms with E-state index < -0.39 is 0 Å². The average Bonchev–Trinajstić information content (AvgIpc) is 2.72. The van der Waals surface area contributed by atoms with Crippen LogP contribution in [0, 0.1) is 23.7 Å². The molecule has 1 nitrogen and oxygen atoms in total. The highest BCUT2D eigenvalue weighted by molar-refractivity contribution is 4.91. The van der Waals surface area contributed by atoms with Crippen molar-refractivity contribution >= 4 is 0 Å². The SMILES string of the molecule is C1CC(C2CC3CCC2CC3)CN1. The molecule has 13 heavy (non-hydrogen) atoms. The first-order chi connectivity index (χ1) is 6.43. The van der Waals surface area contributed by atoms with Gasteiger partial charge in [0.15, 0.2) is 0 Å². The van der Waals surface area contributed by atoms with Gasteiger partial charge in [0.25, 0.3) is 0 Å². The van der Waals surface area contributed by atoms with Crippen LogP contribution in [0.1, 0.15) is 38.5 Å². The summed E-state index contributed by atoms with van der Waals surface area (Å²) in [5.74, 6) is 4.40. The number of hydrogen-bond acceptors (Lipinski definition) is 1. The molecular weight excluding hydrogens is 158 g/mol. The van der Waals surface area contributed by atoms with Crippen molar-refractivity contribution in [3.05, 3.63) is 0 Å². The quantitative estimate of drug-likeness (QED) is 0.652. The first-order valence-corrected chi connectivity index (χ1v) is 6.14. The van der Waals surface area contributed by atoms with Crippen molar-refractivity contribution < 1.29 is 0 Å². The molecule has 2 atom stereocenters. The lowest BCUT2D eigenvalue weighted by molar-refractivity contribution is 0.0628. The minimum absolute atomic E-state index is 1.05. The molecule has 0 spiro atoms. The van der Waals surface area contributed by atoms with E-state index in [0.29, 0.717) is 0 Å². The van der Waals surface area contributed by atoms with E-state index in [-0.39, 0.29) is 0 Å². The first-order valence-electron chi connectivity index (χ1n) is 6.14. The van der Waals surface area contributed by atoms with Gasteiger partial charge in [-0.1, -0.05) is 12.8 Å². The van der Waals surface area contributed by atoms with Gasteiger partial charge in [-0.3, -0.25) is 0 Å². The summed E-state index contributed by atoms with van der Waals surface area (Å²) in [6, 6.07) is 0. The van der Waals surface area contributed by atoms with Gasteiger partial charge in [0.1, 0.15) is 0 Å². The Hall–Kier alpha value is -0.0400. The lowest BCUT2D eigenvalue weighted by atomic mass is 9.61. The zero-order chi connectivity index (χ0) is 8.67. The molecule has 1 heteroatoms. The van der Waals surface area contributed by atoms with Crippen molar-refractivity contribution in [3.63, 3.8) is 0 Å². The molecule has 0 radical (unpaired) electrons. The minimum atomic E-state index is 1.05. The van der Waals surface area contributed by atoms with E-state index in [2.05, 4.69) is 5.32 Å². The van der Waals surface area contributed by atoms with Crippen LogP contribution in [0.25, 0.3) is 0 Å². The van der Waals surface area contributed by atoms with E-state index in [0.717, 1.165) is 23.7 Å². The van der Waals surface area contributed by atoms with E-state index in [1.54, 1.807) is 32.1 Å². The van der Waals surface area contributed by atoms with Crippen LogP contribution >= 0.6 is 0 Å². The number of hydrogen-bond donors (Lipinski definition) is 1. The topological polar surface area (TPSA) is 12.0 Å². The Morgan fingerprint density at radius 3 is 2.23 bits per heavy atom. The highest BCUT2D eigenvalue weighted by atomic mass is 14.9. The summed E-state index contributed by atoms with van der Waals surface area (Å²) < 4.78 is 0. The molecule has 1 N–H and O–H groups in total. The summed E-state index contributed by atoms with van der Waals surface area (Å²) in [5, 5.41) is 3.53. The Morgan fingerprint density at radius 1 is 0.846 bits per heavy atom. The Bertz CT molecular complexity index is 174. The normalized spacial score (nSPS) is 49.8. The third kappa shape index (κ3) is 1.41. The summed E-state index contributed by atoms with van der Waals surface area (Å²) in [4.78, 5) is 0. The third-order valence-electron chi connectivity index (χ3n) is 4.81. The van der Waals surface area contributed by atoms with Crippen LogP contribution in [0.15, 0.2) is 0 Å². The molecule has 0 aromatic rings. The van der Waals surface area contributed by atoms with Crippen molar-refractivity contribution in [1.29, 1.82) is 0 Å². The number of rotatable bonds is 1. The maximum atomic E-state index is 3.53. The summed E-state index contributed by atoms with van der Waals surface area (Å²) >= 11 is 0. The van der Waals surface area contributed by atoms with Gasteiger partial charge in [0.2, 0.25) is 0 Å². The van der Waals surface area contributed by atoms with Gasteiger partial charge in [-0.2, -0.15) is 0 Å². The average molecular weight is 179 g/mol. The minimum Gasteiger partial charge on any atom is -0.316 e. The summed E-state index contributed by atoms with van der Waals surface area (Å²) in [6.07, 6.45) is 9.28. The second kappa shape index (κ2) is 3.27. The molecule has 74 valence electrons. The zero-order valence-electron chi connectivity index (χ0n) is 8.47. The fourth-order valence-corrected chi connectivity index (χ4v) is 4.05. The van der Waals surface area contributed by atoms with Crippen LogP contribution < -0.4 is 5.32 Å². The molecule has 1 saturated heterocycles. The molecule has 0 aromatic heterocycles. The van der Waals surface area contributed by atoms with Gasteiger partial charge in [0.05, 0.1) is 0 Å². The smallest absolute Gasteiger partial charge is 0.00173 e. The van der Waals surface area contributed by atoms with Crippen LogP contribution in [0.2, 0.25) is 0 Å². The van der Waals surface area contributed by atoms with E-state index in [1.165, 1.54) is 19.5 Å². The molecule has 0 aromatic carbocycles. The summed E-state index contributed by atoms with van der Waals surface area (Å²) in [7, 11) is 0. The highest BCUT2D eigenvalue weighted by Gasteiger charge is 2.39. The van der Waals surface area contributed by atoms with Crippen LogP contribution in [0.5, 0.6) is 0 Å². The Balaban J connectivity index is 1.70. The van der Waals surface area contributed by atoms with Crippen molar-refractivity contribution in [3.8, 4) is 0 Å². The van der Waals surface area contributed by atoms with E-state index in [9.17, 15) is 0 Å². The van der Waals surface area contributed by atoms with Crippen molar-refractivity contribution in [2.45, 2.75) is 38.5 Å². The second-order valence-corrected chi connectivity index (χ2v) is 5.43. The fourth-order valence-electron chi connectivity index (χ4n) is 4.05. The lowest BCUT2D eigenvalue weighted by Gasteiger charge is -2.45. The Morgan fingerprint density at radius 2 is 1.69 bits per heavy atom. The molecule has 3 saturated carbocycles. The lowest BCUT2D eigenvalue weighted by Crippen LogP contribution is -2.36. The predicted molar refractivity (Wildman–Crippen MR) is 54.5 cm³/mol. The zero-order valence-corrected chi connectivity index (χ0v) is 8.47. The molecule has 2 bridgehead atoms. The molecule has 1 aliphatic heterocycles. The maximum Gasteiger partial charge on any atom is -0.00173 e. The largest absolute Gasteiger partial charge is 0.316 e. The van der Waals surface area contributed by atoms with Gasteiger partial charge in [-0.15, -0.1) is 0 Å². The number of nitrogens with one attached hydrogen (secondary N) is 1. The van der Waals surface area contributed by atoms with Gasteiger partial charge in [-0.05, 0) is 62.4 Å². The Labute approximate surface area is 81.3 Å². The van der Waals surface area contributed by atoms with Crippen molar-refractivity contribution in [2.24, 2.45) is 23.7 Å². The van der Waals surface area contributed by atoms with E-state index in [4.69, 9.17) is 0 Å². The third-order valence-corrected chi connectivity index (χ3v) is 4.81. The van der Waals surface area contributed by atoms with Gasteiger partial charge < -0.3 is 5.32 Å². The summed E-state index contributed by atoms with van der Waals surface area (Å²) in [6.45, 7) is 2.62. The standard InChI is InChI=1S/C12H21N/c1-3-10-4-2-9(1)7-12(10)11-5-6-13-8-11/h9-13H,1-8H2. The fraction of sp³-hybridized carbons (Fsp3) is 1.00. The van der Waals surface area contributed by atoms with Crippen LogP contribution in [0.4, 0.5) is 0 Å². The number of fused-ring (bicyclic) bond motifs is 3. The Kier molecular flexibility index (Phi) is 2.08. The van der Waals surface area contributed by atoms with Crippen molar-refractivity contribution in [2.75, 3.05) is 13.1 Å². The highest BCUT2D eigenvalue weighted by Crippen LogP contribution is 2.48. The van der Waals surface area contributed by atoms with Crippen LogP contribution in [-0.2, 0) is 0 Å². The molecular formula is C12H21N. The van der Waals surface area contributed by atoms with Crippen LogP contribution in [-0.4, -0.2) is 13.1 Å². The molecule has 4 aliphatic rings. The van der Waals surface area contributed by atoms with Crippen LogP contribution in [0.3, 0.4) is 0 Å². The van der Waals surface area contributed by atoms with E-state index >= 15 is 0 Å².